The Morgan fingerprint density at radius 3 is 2.52 bits per heavy atom. The number of hydrogen-bond donors (Lipinski definition) is 1. The molecule has 0 unspecified atom stereocenters. The van der Waals surface area contributed by atoms with Crippen molar-refractivity contribution in [2.75, 3.05) is 6.61 Å². The second-order valence-electron chi connectivity index (χ2n) is 6.22. The predicted molar refractivity (Wildman–Crippen MR) is 110 cm³/mol. The summed E-state index contributed by atoms with van der Waals surface area (Å²) >= 11 is 0. The third-order valence-electron chi connectivity index (χ3n) is 4.20. The van der Waals surface area contributed by atoms with Crippen molar-refractivity contribution in [1.29, 1.82) is 0 Å². The molecule has 2 heterocycles. The molecule has 2 aromatic heterocycles. The number of nitrogens with zero attached hydrogens (tertiary/aromatic N) is 5. The van der Waals surface area contributed by atoms with Gasteiger partial charge in [0.05, 0.1) is 19.3 Å². The summed E-state index contributed by atoms with van der Waals surface area (Å²) in [5.74, 6) is -0.411. The molecule has 0 amide bonds. The summed E-state index contributed by atoms with van der Waals surface area (Å²) in [6, 6.07) is 4.86. The van der Waals surface area contributed by atoms with E-state index in [2.05, 4.69) is 26.5 Å². The van der Waals surface area contributed by atoms with Crippen molar-refractivity contribution >= 4 is 24.3 Å². The van der Waals surface area contributed by atoms with Gasteiger partial charge in [0.2, 0.25) is 0 Å². The monoisotopic (exact) mass is 433 g/mol. The number of hydrogen-bond acceptors (Lipinski definition) is 6. The van der Waals surface area contributed by atoms with Gasteiger partial charge >= 0.3 is 6.36 Å². The predicted octanol–water partition coefficient (Wildman–Crippen LogP) is 3.65. The fourth-order valence-corrected chi connectivity index (χ4v) is 2.94. The molecule has 1 aromatic carbocycles. The number of benzene rings is 1. The van der Waals surface area contributed by atoms with Crippen LogP contribution in [0.3, 0.4) is 0 Å². The van der Waals surface area contributed by atoms with Crippen molar-refractivity contribution in [3.8, 4) is 22.6 Å². The van der Waals surface area contributed by atoms with Crippen molar-refractivity contribution in [2.45, 2.75) is 19.8 Å². The summed E-state index contributed by atoms with van der Waals surface area (Å²) in [6.45, 7) is 5.33. The van der Waals surface area contributed by atoms with Gasteiger partial charge in [-0.05, 0) is 37.9 Å². The third kappa shape index (κ3) is 4.89. The largest absolute Gasteiger partial charge is 0.573 e. The van der Waals surface area contributed by atoms with Gasteiger partial charge in [0.15, 0.2) is 5.69 Å². The Labute approximate surface area is 174 Å². The molecule has 3 rings (SSSR count). The Kier molecular flexibility index (Phi) is 6.35. The first-order valence-corrected chi connectivity index (χ1v) is 9.02. The molecule has 0 spiro atoms. The number of alkyl halides is 3. The van der Waals surface area contributed by atoms with Crippen molar-refractivity contribution in [3.63, 3.8) is 0 Å². The highest BCUT2D eigenvalue weighted by Crippen LogP contribution is 2.36. The van der Waals surface area contributed by atoms with Crippen LogP contribution in [-0.2, 0) is 6.54 Å². The summed E-state index contributed by atoms with van der Waals surface area (Å²) in [5.41, 5.74) is 1.09. The second kappa shape index (κ2) is 8.96. The highest BCUT2D eigenvalue weighted by molar-refractivity contribution is 5.85. The molecule has 0 aliphatic heterocycles. The van der Waals surface area contributed by atoms with Crippen molar-refractivity contribution < 1.29 is 23.0 Å². The van der Waals surface area contributed by atoms with Gasteiger partial charge in [0.1, 0.15) is 11.4 Å². The van der Waals surface area contributed by atoms with E-state index in [1.807, 2.05) is 0 Å². The van der Waals surface area contributed by atoms with E-state index in [0.29, 0.717) is 16.8 Å². The number of aromatic nitrogens is 3. The van der Waals surface area contributed by atoms with Gasteiger partial charge in [-0.25, -0.2) is 0 Å². The summed E-state index contributed by atoms with van der Waals surface area (Å²) in [6.07, 6.45) is 1.29. The Bertz CT molecular complexity index is 1160. The molecule has 0 aliphatic carbocycles. The second-order valence-corrected chi connectivity index (χ2v) is 6.22. The van der Waals surface area contributed by atoms with E-state index in [0.717, 1.165) is 12.1 Å². The molecule has 0 bridgehead atoms. The number of aliphatic hydroxyl groups excluding tert-OH is 1. The summed E-state index contributed by atoms with van der Waals surface area (Å²) in [5, 5.41) is 13.3. The van der Waals surface area contributed by atoms with Gasteiger partial charge in [-0.1, -0.05) is 0 Å². The first-order chi connectivity index (χ1) is 14.8. The number of pyridine rings is 1. The molecule has 1 N–H and O–H groups in total. The Balaban J connectivity index is 2.17. The fourth-order valence-electron chi connectivity index (χ4n) is 2.94. The van der Waals surface area contributed by atoms with Crippen LogP contribution < -0.4 is 10.3 Å². The molecule has 0 atom stereocenters. The molecule has 8 nitrogen and oxygen atoms in total. The molecular formula is C20H18F3N5O3. The molecule has 162 valence electrons. The lowest BCUT2D eigenvalue weighted by molar-refractivity contribution is -0.274. The quantitative estimate of drug-likeness (QED) is 0.576. The van der Waals surface area contributed by atoms with Crippen LogP contribution in [0.4, 0.5) is 24.5 Å². The van der Waals surface area contributed by atoms with Crippen LogP contribution in [-0.4, -0.2) is 45.4 Å². The first-order valence-electron chi connectivity index (χ1n) is 9.02. The lowest BCUT2D eigenvalue weighted by Crippen LogP contribution is -2.19. The van der Waals surface area contributed by atoms with Gasteiger partial charge in [-0.15, -0.1) is 13.2 Å². The summed E-state index contributed by atoms with van der Waals surface area (Å²) < 4.78 is 43.9. The van der Waals surface area contributed by atoms with Gasteiger partial charge in [0, 0.05) is 35.4 Å². The van der Waals surface area contributed by atoms with E-state index in [4.69, 9.17) is 5.11 Å². The third-order valence-corrected chi connectivity index (χ3v) is 4.20. The Hall–Kier alpha value is -3.73. The molecule has 3 aromatic rings. The van der Waals surface area contributed by atoms with Gasteiger partial charge in [-0.2, -0.15) is 5.10 Å². The van der Waals surface area contributed by atoms with Crippen LogP contribution in [0, 0.1) is 0 Å². The smallest absolute Gasteiger partial charge is 0.406 e. The van der Waals surface area contributed by atoms with Gasteiger partial charge < -0.3 is 9.84 Å². The molecule has 0 fully saturated rings. The summed E-state index contributed by atoms with van der Waals surface area (Å²) in [7, 11) is 0. The fraction of sp³-hybridized carbons (Fsp3) is 0.200. The molecule has 0 aliphatic rings. The molecule has 0 saturated heterocycles. The number of halogens is 3. The van der Waals surface area contributed by atoms with Gasteiger partial charge in [-0.3, -0.25) is 24.0 Å². The lowest BCUT2D eigenvalue weighted by Gasteiger charge is -2.14. The Morgan fingerprint density at radius 2 is 1.94 bits per heavy atom. The highest BCUT2D eigenvalue weighted by atomic mass is 19.4. The lowest BCUT2D eigenvalue weighted by atomic mass is 10.1. The van der Waals surface area contributed by atoms with E-state index in [1.165, 1.54) is 40.0 Å². The van der Waals surface area contributed by atoms with Crippen LogP contribution in [0.25, 0.3) is 16.8 Å². The standard InChI is InChI=1S/C20H18F3N5O3/c1-3-25-18-17(24-2)16(13-10-26-27(11-13)8-9-29)12-28(19(18)30)14-4-6-15(7-5-14)31-20(21,22)23/h3-7,10-12,29H,2,8-9H2,1H3/b25-3-. The number of aliphatic imine (C=N–C) groups is 2. The number of rotatable bonds is 7. The molecule has 0 radical (unpaired) electrons. The average molecular weight is 433 g/mol. The maximum absolute atomic E-state index is 13.0. The minimum Gasteiger partial charge on any atom is -0.406 e. The van der Waals surface area contributed by atoms with Crippen LogP contribution in [0.5, 0.6) is 5.75 Å². The zero-order valence-corrected chi connectivity index (χ0v) is 16.4. The van der Waals surface area contributed by atoms with Crippen LogP contribution in [0.2, 0.25) is 0 Å². The van der Waals surface area contributed by atoms with Crippen LogP contribution >= 0.6 is 0 Å². The Morgan fingerprint density at radius 1 is 1.23 bits per heavy atom. The number of aliphatic hydroxyl groups is 1. The normalized spacial score (nSPS) is 11.8. The van der Waals surface area contributed by atoms with Crippen molar-refractivity contribution in [1.82, 2.24) is 14.3 Å². The molecule has 31 heavy (non-hydrogen) atoms. The topological polar surface area (TPSA) is 94.0 Å². The van der Waals surface area contributed by atoms with Crippen LogP contribution in [0.15, 0.2) is 57.6 Å². The molecule has 0 saturated carbocycles. The maximum atomic E-state index is 13.0. The zero-order chi connectivity index (χ0) is 22.6. The zero-order valence-electron chi connectivity index (χ0n) is 16.4. The first kappa shape index (κ1) is 22.0. The van der Waals surface area contributed by atoms with E-state index in [1.54, 1.807) is 13.1 Å². The van der Waals surface area contributed by atoms with E-state index < -0.39 is 17.7 Å². The highest BCUT2D eigenvalue weighted by Gasteiger charge is 2.31. The number of ether oxygens (including phenoxy) is 1. The molecular weight excluding hydrogens is 415 g/mol. The van der Waals surface area contributed by atoms with E-state index in [9.17, 15) is 18.0 Å². The van der Waals surface area contributed by atoms with Crippen molar-refractivity contribution in [3.05, 3.63) is 53.2 Å². The van der Waals surface area contributed by atoms with Crippen molar-refractivity contribution in [2.24, 2.45) is 9.98 Å². The van der Waals surface area contributed by atoms with E-state index >= 15 is 0 Å². The minimum atomic E-state index is -4.82. The average Bonchev–Trinajstić information content (AvgIpc) is 3.18. The van der Waals surface area contributed by atoms with E-state index in [-0.39, 0.29) is 24.5 Å². The SMILES string of the molecule is C=Nc1c(-c2cnn(CCO)c2)cn(-c2ccc(OC(F)(F)F)cc2)c(=O)c1/N=C\C. The van der Waals surface area contributed by atoms with Crippen LogP contribution in [0.1, 0.15) is 6.92 Å². The summed E-state index contributed by atoms with van der Waals surface area (Å²) in [4.78, 5) is 21.1. The minimum absolute atomic E-state index is 0.0144. The maximum Gasteiger partial charge on any atom is 0.573 e. The van der Waals surface area contributed by atoms with Gasteiger partial charge in [0.25, 0.3) is 5.56 Å². The molecule has 11 heteroatoms.